The largest absolute Gasteiger partial charge is 0.466 e. The van der Waals surface area contributed by atoms with Crippen LogP contribution in [0.15, 0.2) is 0 Å². The van der Waals surface area contributed by atoms with Crippen LogP contribution in [0, 0.1) is 0 Å². The van der Waals surface area contributed by atoms with E-state index in [1.54, 1.807) is 0 Å². The van der Waals surface area contributed by atoms with Gasteiger partial charge in [0.1, 0.15) is 6.61 Å². The number of rotatable bonds is 12. The molecule has 3 N–H and O–H groups in total. The molecule has 0 saturated heterocycles. The predicted octanol–water partition coefficient (Wildman–Crippen LogP) is 0.201. The smallest absolute Gasteiger partial charge is 0.305 e. The number of nitrogens with two attached hydrogens (primary N) is 1. The summed E-state index contributed by atoms with van der Waals surface area (Å²) in [7, 11) is 0. The average Bonchev–Trinajstić information content (AvgIpc) is 2.31. The van der Waals surface area contributed by atoms with Gasteiger partial charge in [0, 0.05) is 13.0 Å². The minimum atomic E-state index is -0.450. The molecule has 18 heavy (non-hydrogen) atoms. The van der Waals surface area contributed by atoms with E-state index in [-0.39, 0.29) is 12.6 Å². The number of carbonyl (C=O) groups is 2. The molecular weight excluding hydrogens is 236 g/mol. The second kappa shape index (κ2) is 12.3. The Bertz CT molecular complexity index is 234. The van der Waals surface area contributed by atoms with E-state index in [1.165, 1.54) is 0 Å². The number of ether oxygens (including phenoxy) is 2. The Hall–Kier alpha value is -1.14. The van der Waals surface area contributed by atoms with Crippen LogP contribution < -0.4 is 11.1 Å². The monoisotopic (exact) mass is 260 g/mol. The van der Waals surface area contributed by atoms with Crippen LogP contribution in [0.3, 0.4) is 0 Å². The van der Waals surface area contributed by atoms with Crippen molar-refractivity contribution in [2.45, 2.75) is 32.6 Å². The maximum absolute atomic E-state index is 11.0. The van der Waals surface area contributed by atoms with Gasteiger partial charge in [-0.3, -0.25) is 9.59 Å². The number of primary amides is 1. The van der Waals surface area contributed by atoms with Crippen molar-refractivity contribution in [2.24, 2.45) is 5.73 Å². The molecule has 0 unspecified atom stereocenters. The van der Waals surface area contributed by atoms with Gasteiger partial charge in [-0.05, 0) is 26.3 Å². The molecule has 0 radical (unpaired) electrons. The molecule has 0 aromatic heterocycles. The van der Waals surface area contributed by atoms with E-state index in [1.807, 2.05) is 6.92 Å². The van der Waals surface area contributed by atoms with Gasteiger partial charge in [0.05, 0.1) is 13.2 Å². The molecule has 0 rings (SSSR count). The number of carbonyl (C=O) groups excluding carboxylic acids is 2. The SMILES string of the molecule is CCOC(=O)CCCCCNCCOCC(N)=O. The topological polar surface area (TPSA) is 90.7 Å². The van der Waals surface area contributed by atoms with Gasteiger partial charge >= 0.3 is 5.97 Å². The highest BCUT2D eigenvalue weighted by Gasteiger charge is 2.00. The number of hydrogen-bond donors (Lipinski definition) is 2. The second-order valence-corrected chi connectivity index (χ2v) is 3.88. The Morgan fingerprint density at radius 3 is 2.61 bits per heavy atom. The molecule has 0 aromatic rings. The zero-order valence-electron chi connectivity index (χ0n) is 11.1. The quantitative estimate of drug-likeness (QED) is 0.386. The van der Waals surface area contributed by atoms with Crippen LogP contribution in [0.2, 0.25) is 0 Å². The van der Waals surface area contributed by atoms with E-state index in [9.17, 15) is 9.59 Å². The Labute approximate surface area is 108 Å². The third kappa shape index (κ3) is 12.9. The average molecular weight is 260 g/mol. The molecule has 0 aromatic carbocycles. The maximum Gasteiger partial charge on any atom is 0.305 e. The Kier molecular flexibility index (Phi) is 11.5. The molecule has 0 spiro atoms. The van der Waals surface area contributed by atoms with Gasteiger partial charge in [0.15, 0.2) is 0 Å². The summed E-state index contributed by atoms with van der Waals surface area (Å²) in [6, 6.07) is 0. The van der Waals surface area contributed by atoms with Crippen molar-refractivity contribution in [3.05, 3.63) is 0 Å². The van der Waals surface area contributed by atoms with Crippen LogP contribution in [-0.4, -0.2) is 44.8 Å². The lowest BCUT2D eigenvalue weighted by molar-refractivity contribution is -0.143. The summed E-state index contributed by atoms with van der Waals surface area (Å²) in [4.78, 5) is 21.4. The van der Waals surface area contributed by atoms with Crippen molar-refractivity contribution in [1.82, 2.24) is 5.32 Å². The number of hydrogen-bond acceptors (Lipinski definition) is 5. The minimum Gasteiger partial charge on any atom is -0.466 e. The fourth-order valence-corrected chi connectivity index (χ4v) is 1.37. The highest BCUT2D eigenvalue weighted by Crippen LogP contribution is 2.00. The lowest BCUT2D eigenvalue weighted by Gasteiger charge is -2.05. The molecule has 0 aliphatic rings. The zero-order valence-corrected chi connectivity index (χ0v) is 11.1. The molecule has 0 fully saturated rings. The van der Waals surface area contributed by atoms with Gasteiger partial charge in [0.25, 0.3) is 0 Å². The first-order chi connectivity index (χ1) is 8.66. The predicted molar refractivity (Wildman–Crippen MR) is 68.0 cm³/mol. The summed E-state index contributed by atoms with van der Waals surface area (Å²) < 4.78 is 9.81. The fourth-order valence-electron chi connectivity index (χ4n) is 1.37. The summed E-state index contributed by atoms with van der Waals surface area (Å²) >= 11 is 0. The third-order valence-electron chi connectivity index (χ3n) is 2.21. The molecule has 0 aliphatic carbocycles. The van der Waals surface area contributed by atoms with Gasteiger partial charge in [0.2, 0.25) is 5.91 Å². The van der Waals surface area contributed by atoms with E-state index in [0.29, 0.717) is 26.2 Å². The number of esters is 1. The molecule has 106 valence electrons. The van der Waals surface area contributed by atoms with Crippen molar-refractivity contribution in [1.29, 1.82) is 0 Å². The first kappa shape index (κ1) is 16.9. The molecule has 1 amide bonds. The molecule has 0 aliphatic heterocycles. The van der Waals surface area contributed by atoms with Crippen molar-refractivity contribution in [3.63, 3.8) is 0 Å². The van der Waals surface area contributed by atoms with E-state index < -0.39 is 5.91 Å². The lowest BCUT2D eigenvalue weighted by atomic mass is 10.2. The minimum absolute atomic E-state index is 0.0266. The normalized spacial score (nSPS) is 10.3. The summed E-state index contributed by atoms with van der Waals surface area (Å²) in [6.07, 6.45) is 3.36. The first-order valence-electron chi connectivity index (χ1n) is 6.39. The summed E-state index contributed by atoms with van der Waals surface area (Å²) in [5.74, 6) is -0.570. The van der Waals surface area contributed by atoms with Crippen molar-refractivity contribution < 1.29 is 19.1 Å². The summed E-state index contributed by atoms with van der Waals surface area (Å²) in [5, 5.41) is 3.18. The third-order valence-corrected chi connectivity index (χ3v) is 2.21. The molecule has 6 nitrogen and oxygen atoms in total. The standard InChI is InChI=1S/C12H24N2O4/c1-2-18-12(16)6-4-3-5-7-14-8-9-17-10-11(13)15/h14H,2-10H2,1H3,(H2,13,15). The summed E-state index contributed by atoms with van der Waals surface area (Å²) in [6.45, 7) is 4.29. The van der Waals surface area contributed by atoms with Crippen molar-refractivity contribution in [3.8, 4) is 0 Å². The number of amides is 1. The van der Waals surface area contributed by atoms with Crippen LogP contribution in [0.1, 0.15) is 32.6 Å². The van der Waals surface area contributed by atoms with Crippen molar-refractivity contribution >= 4 is 11.9 Å². The highest BCUT2D eigenvalue weighted by molar-refractivity contribution is 5.74. The van der Waals surface area contributed by atoms with Gasteiger partial charge in [-0.1, -0.05) is 6.42 Å². The van der Waals surface area contributed by atoms with Crippen molar-refractivity contribution in [2.75, 3.05) is 32.9 Å². The van der Waals surface area contributed by atoms with Crippen LogP contribution in [-0.2, 0) is 19.1 Å². The Morgan fingerprint density at radius 1 is 1.17 bits per heavy atom. The molecule has 0 heterocycles. The fraction of sp³-hybridized carbons (Fsp3) is 0.833. The van der Waals surface area contributed by atoms with Gasteiger partial charge in [-0.15, -0.1) is 0 Å². The van der Waals surface area contributed by atoms with Crippen LogP contribution in [0.25, 0.3) is 0 Å². The van der Waals surface area contributed by atoms with Crippen LogP contribution in [0.4, 0.5) is 0 Å². The highest BCUT2D eigenvalue weighted by atomic mass is 16.5. The molecule has 0 atom stereocenters. The first-order valence-corrected chi connectivity index (χ1v) is 6.39. The molecule has 0 bridgehead atoms. The molecule has 0 saturated carbocycles. The number of unbranched alkanes of at least 4 members (excludes halogenated alkanes) is 2. The maximum atomic E-state index is 11.0. The van der Waals surface area contributed by atoms with E-state index in [2.05, 4.69) is 5.32 Å². The van der Waals surface area contributed by atoms with E-state index in [0.717, 1.165) is 25.8 Å². The molecular formula is C12H24N2O4. The van der Waals surface area contributed by atoms with Crippen LogP contribution >= 0.6 is 0 Å². The summed E-state index contributed by atoms with van der Waals surface area (Å²) in [5.41, 5.74) is 4.91. The van der Waals surface area contributed by atoms with Gasteiger partial charge < -0.3 is 20.5 Å². The van der Waals surface area contributed by atoms with Gasteiger partial charge in [-0.25, -0.2) is 0 Å². The number of nitrogens with one attached hydrogen (secondary N) is 1. The zero-order chi connectivity index (χ0) is 13.6. The van der Waals surface area contributed by atoms with Gasteiger partial charge in [-0.2, -0.15) is 0 Å². The van der Waals surface area contributed by atoms with E-state index >= 15 is 0 Å². The van der Waals surface area contributed by atoms with E-state index in [4.69, 9.17) is 15.2 Å². The Balaban J connectivity index is 3.07. The molecule has 6 heteroatoms. The second-order valence-electron chi connectivity index (χ2n) is 3.88. The lowest BCUT2D eigenvalue weighted by Crippen LogP contribution is -2.24. The Morgan fingerprint density at radius 2 is 1.94 bits per heavy atom. The van der Waals surface area contributed by atoms with Crippen LogP contribution in [0.5, 0.6) is 0 Å².